The number of aromatic nitrogens is 1. The molecule has 2 aromatic carbocycles. The van der Waals surface area contributed by atoms with Crippen molar-refractivity contribution < 1.29 is 19.1 Å². The fraction of sp³-hybridized carbons (Fsp3) is 0.333. The Kier molecular flexibility index (Phi) is 6.11. The summed E-state index contributed by atoms with van der Waals surface area (Å²) in [5.41, 5.74) is 2.57. The van der Waals surface area contributed by atoms with E-state index in [0.29, 0.717) is 56.2 Å². The molecule has 2 amide bonds. The third-order valence-corrected chi connectivity index (χ3v) is 5.76. The van der Waals surface area contributed by atoms with Gasteiger partial charge in [0.05, 0.1) is 14.2 Å². The number of carbonyl (C=O) groups is 2. The minimum absolute atomic E-state index is 0.0198. The number of methoxy groups -OCH3 is 2. The second kappa shape index (κ2) is 9.12. The molecule has 1 N–H and O–H groups in total. The van der Waals surface area contributed by atoms with E-state index in [1.807, 2.05) is 58.3 Å². The third kappa shape index (κ3) is 4.50. The number of nitrogens with zero attached hydrogens (tertiary/aromatic N) is 2. The summed E-state index contributed by atoms with van der Waals surface area (Å²) >= 11 is 0. The van der Waals surface area contributed by atoms with Gasteiger partial charge < -0.3 is 24.3 Å². The van der Waals surface area contributed by atoms with Crippen LogP contribution in [0.4, 0.5) is 0 Å². The van der Waals surface area contributed by atoms with Crippen molar-refractivity contribution >= 4 is 22.7 Å². The van der Waals surface area contributed by atoms with Crippen molar-refractivity contribution in [2.24, 2.45) is 0 Å². The van der Waals surface area contributed by atoms with E-state index < -0.39 is 0 Å². The number of ether oxygens (including phenoxy) is 2. The first-order valence-electron chi connectivity index (χ1n) is 10.4. The van der Waals surface area contributed by atoms with Gasteiger partial charge >= 0.3 is 0 Å². The Morgan fingerprint density at radius 3 is 2.32 bits per heavy atom. The molecule has 1 aliphatic rings. The maximum atomic E-state index is 12.8. The highest BCUT2D eigenvalue weighted by Gasteiger charge is 2.25. The zero-order valence-corrected chi connectivity index (χ0v) is 17.9. The predicted molar refractivity (Wildman–Crippen MR) is 119 cm³/mol. The van der Waals surface area contributed by atoms with Crippen molar-refractivity contribution in [3.05, 3.63) is 59.8 Å². The number of fused-ring (bicyclic) bond motifs is 1. The molecule has 2 heterocycles. The van der Waals surface area contributed by atoms with Gasteiger partial charge in [-0.15, -0.1) is 0 Å². The standard InChI is InChI=1S/C24H27N3O4/c1-30-21-9-7-17(15-22(21)31-2)8-10-23(28)26-11-13-27(14-12-26)24(29)20-16-18-5-3-4-6-19(18)25-20/h3-7,9,15-16,25H,8,10-14H2,1-2H3. The zero-order valence-electron chi connectivity index (χ0n) is 17.9. The summed E-state index contributed by atoms with van der Waals surface area (Å²) in [7, 11) is 3.20. The molecule has 0 radical (unpaired) electrons. The highest BCUT2D eigenvalue weighted by molar-refractivity contribution is 5.98. The Hall–Kier alpha value is -3.48. The monoisotopic (exact) mass is 421 g/mol. The smallest absolute Gasteiger partial charge is 0.270 e. The highest BCUT2D eigenvalue weighted by atomic mass is 16.5. The first kappa shape index (κ1) is 20.8. The van der Waals surface area contributed by atoms with E-state index in [1.54, 1.807) is 14.2 Å². The summed E-state index contributed by atoms with van der Waals surface area (Å²) in [4.78, 5) is 32.4. The quantitative estimate of drug-likeness (QED) is 0.664. The lowest BCUT2D eigenvalue weighted by molar-refractivity contribution is -0.132. The van der Waals surface area contributed by atoms with Crippen molar-refractivity contribution in [3.63, 3.8) is 0 Å². The van der Waals surface area contributed by atoms with Crippen LogP contribution in [0.5, 0.6) is 11.5 Å². The Morgan fingerprint density at radius 1 is 0.903 bits per heavy atom. The van der Waals surface area contributed by atoms with Gasteiger partial charge in [0.25, 0.3) is 5.91 Å². The Morgan fingerprint density at radius 2 is 1.61 bits per heavy atom. The minimum atomic E-state index is -0.0198. The lowest BCUT2D eigenvalue weighted by Crippen LogP contribution is -2.50. The van der Waals surface area contributed by atoms with E-state index in [2.05, 4.69) is 4.98 Å². The number of carbonyl (C=O) groups excluding carboxylic acids is 2. The molecule has 162 valence electrons. The van der Waals surface area contributed by atoms with Crippen molar-refractivity contribution in [3.8, 4) is 11.5 Å². The lowest BCUT2D eigenvalue weighted by Gasteiger charge is -2.34. The fourth-order valence-electron chi connectivity index (χ4n) is 3.96. The number of amides is 2. The molecule has 1 fully saturated rings. The van der Waals surface area contributed by atoms with Crippen molar-refractivity contribution in [1.82, 2.24) is 14.8 Å². The molecule has 0 unspecified atom stereocenters. The number of H-pyrrole nitrogens is 1. The molecule has 31 heavy (non-hydrogen) atoms. The lowest BCUT2D eigenvalue weighted by atomic mass is 10.1. The molecule has 0 bridgehead atoms. The Bertz CT molecular complexity index is 1050. The van der Waals surface area contributed by atoms with Crippen LogP contribution in [0.25, 0.3) is 10.9 Å². The van der Waals surface area contributed by atoms with Crippen LogP contribution >= 0.6 is 0 Å². The topological polar surface area (TPSA) is 74.9 Å². The molecule has 4 rings (SSSR count). The number of aryl methyl sites for hydroxylation is 1. The van der Waals surface area contributed by atoms with E-state index in [0.717, 1.165) is 16.5 Å². The Labute approximate surface area is 181 Å². The zero-order chi connectivity index (χ0) is 21.8. The van der Waals surface area contributed by atoms with Crippen molar-refractivity contribution in [2.75, 3.05) is 40.4 Å². The summed E-state index contributed by atoms with van der Waals surface area (Å²) in [5.74, 6) is 1.42. The molecule has 0 atom stereocenters. The van der Waals surface area contributed by atoms with Crippen LogP contribution in [-0.4, -0.2) is 67.0 Å². The summed E-state index contributed by atoms with van der Waals surface area (Å²) < 4.78 is 10.6. The average molecular weight is 421 g/mol. The van der Waals surface area contributed by atoms with Gasteiger partial charge in [-0.05, 0) is 36.2 Å². The summed E-state index contributed by atoms with van der Waals surface area (Å²) in [6, 6.07) is 15.4. The summed E-state index contributed by atoms with van der Waals surface area (Å²) in [6.45, 7) is 2.18. The van der Waals surface area contributed by atoms with Gasteiger partial charge in [-0.1, -0.05) is 24.3 Å². The van der Waals surface area contributed by atoms with Gasteiger partial charge in [0, 0.05) is 43.5 Å². The van der Waals surface area contributed by atoms with Crippen LogP contribution in [0.1, 0.15) is 22.5 Å². The van der Waals surface area contributed by atoms with Crippen molar-refractivity contribution in [1.29, 1.82) is 0 Å². The molecule has 7 nitrogen and oxygen atoms in total. The molecule has 1 aliphatic heterocycles. The number of aromatic amines is 1. The van der Waals surface area contributed by atoms with Gasteiger partial charge in [-0.3, -0.25) is 9.59 Å². The highest BCUT2D eigenvalue weighted by Crippen LogP contribution is 2.28. The van der Waals surface area contributed by atoms with Crippen LogP contribution < -0.4 is 9.47 Å². The predicted octanol–water partition coefficient (Wildman–Crippen LogP) is 3.10. The third-order valence-electron chi connectivity index (χ3n) is 5.76. The SMILES string of the molecule is COc1ccc(CCC(=O)N2CCN(C(=O)c3cc4ccccc4[nH]3)CC2)cc1OC. The molecule has 0 spiro atoms. The normalized spacial score (nSPS) is 14.0. The van der Waals surface area contributed by atoms with Crippen LogP contribution in [0.15, 0.2) is 48.5 Å². The number of hydrogen-bond acceptors (Lipinski definition) is 4. The number of benzene rings is 2. The van der Waals surface area contributed by atoms with Gasteiger partial charge in [0.2, 0.25) is 5.91 Å². The average Bonchev–Trinajstić information content (AvgIpc) is 3.26. The van der Waals surface area contributed by atoms with Crippen LogP contribution in [0.2, 0.25) is 0 Å². The van der Waals surface area contributed by atoms with Gasteiger partial charge in [-0.2, -0.15) is 0 Å². The second-order valence-corrected chi connectivity index (χ2v) is 7.63. The molecular weight excluding hydrogens is 394 g/mol. The molecular formula is C24H27N3O4. The summed E-state index contributed by atoms with van der Waals surface area (Å²) in [5, 5.41) is 1.02. The van der Waals surface area contributed by atoms with Gasteiger partial charge in [-0.25, -0.2) is 0 Å². The number of piperazine rings is 1. The molecule has 1 aromatic heterocycles. The summed E-state index contributed by atoms with van der Waals surface area (Å²) in [6.07, 6.45) is 1.05. The molecule has 3 aromatic rings. The van der Waals surface area contributed by atoms with E-state index in [1.165, 1.54) is 0 Å². The minimum Gasteiger partial charge on any atom is -0.493 e. The largest absolute Gasteiger partial charge is 0.493 e. The molecule has 0 saturated carbocycles. The first-order valence-corrected chi connectivity index (χ1v) is 10.4. The van der Waals surface area contributed by atoms with Crippen LogP contribution in [0, 0.1) is 0 Å². The number of para-hydroxylation sites is 1. The van der Waals surface area contributed by atoms with E-state index in [9.17, 15) is 9.59 Å². The number of rotatable bonds is 6. The van der Waals surface area contributed by atoms with E-state index in [-0.39, 0.29) is 11.8 Å². The van der Waals surface area contributed by atoms with E-state index >= 15 is 0 Å². The van der Waals surface area contributed by atoms with Gasteiger partial charge in [0.1, 0.15) is 5.69 Å². The Balaban J connectivity index is 1.30. The number of hydrogen-bond donors (Lipinski definition) is 1. The van der Waals surface area contributed by atoms with Gasteiger partial charge in [0.15, 0.2) is 11.5 Å². The van der Waals surface area contributed by atoms with Crippen molar-refractivity contribution in [2.45, 2.75) is 12.8 Å². The molecule has 7 heteroatoms. The number of nitrogens with one attached hydrogen (secondary N) is 1. The van der Waals surface area contributed by atoms with E-state index in [4.69, 9.17) is 9.47 Å². The van der Waals surface area contributed by atoms with Crippen LogP contribution in [0.3, 0.4) is 0 Å². The second-order valence-electron chi connectivity index (χ2n) is 7.63. The first-order chi connectivity index (χ1) is 15.1. The van der Waals surface area contributed by atoms with Crippen LogP contribution in [-0.2, 0) is 11.2 Å². The maximum absolute atomic E-state index is 12.8. The molecule has 1 saturated heterocycles. The fourth-order valence-corrected chi connectivity index (χ4v) is 3.96. The molecule has 0 aliphatic carbocycles. The maximum Gasteiger partial charge on any atom is 0.270 e.